The third-order valence-electron chi connectivity index (χ3n) is 5.53. The van der Waals surface area contributed by atoms with Crippen molar-refractivity contribution in [2.75, 3.05) is 32.7 Å². The van der Waals surface area contributed by atoms with E-state index in [2.05, 4.69) is 15.5 Å². The number of benzene rings is 1. The molecule has 26 heavy (non-hydrogen) atoms. The van der Waals surface area contributed by atoms with E-state index in [9.17, 15) is 9.18 Å². The van der Waals surface area contributed by atoms with Crippen LogP contribution in [-0.2, 0) is 4.79 Å². The van der Waals surface area contributed by atoms with Gasteiger partial charge in [-0.2, -0.15) is 0 Å². The van der Waals surface area contributed by atoms with Gasteiger partial charge < -0.3 is 10.6 Å². The van der Waals surface area contributed by atoms with Crippen molar-refractivity contribution < 1.29 is 9.18 Å². The lowest BCUT2D eigenvalue weighted by Gasteiger charge is -2.36. The molecule has 0 bridgehead atoms. The molecule has 1 amide bonds. The van der Waals surface area contributed by atoms with E-state index in [1.54, 1.807) is 12.1 Å². The molecule has 1 aromatic rings. The lowest BCUT2D eigenvalue weighted by Crippen LogP contribution is -2.47. The number of halogens is 2. The maximum absolute atomic E-state index is 13.5. The fourth-order valence-electron chi connectivity index (χ4n) is 4.04. The number of amides is 1. The van der Waals surface area contributed by atoms with Gasteiger partial charge in [0.1, 0.15) is 5.82 Å². The standard InChI is InChI=1S/C20H30FN3O.ClH/c21-18-8-4-7-17(13-18)19-15-22-10-12-24(19)11-9-20(25)23-14-16-5-2-1-3-6-16;/h4,7-8,13,16,19,22H,1-3,5-6,9-12,14-15H2,(H,23,25);1H. The lowest BCUT2D eigenvalue weighted by molar-refractivity contribution is -0.121. The van der Waals surface area contributed by atoms with Gasteiger partial charge in [0.2, 0.25) is 5.91 Å². The van der Waals surface area contributed by atoms with E-state index in [4.69, 9.17) is 0 Å². The Labute approximate surface area is 162 Å². The molecule has 0 aromatic heterocycles. The molecular weight excluding hydrogens is 353 g/mol. The number of carbonyl (C=O) groups is 1. The number of hydrogen-bond acceptors (Lipinski definition) is 3. The third kappa shape index (κ3) is 6.22. The predicted molar refractivity (Wildman–Crippen MR) is 105 cm³/mol. The fourth-order valence-corrected chi connectivity index (χ4v) is 4.04. The molecule has 2 aliphatic rings. The van der Waals surface area contributed by atoms with Crippen LogP contribution in [0.2, 0.25) is 0 Å². The zero-order chi connectivity index (χ0) is 17.5. The maximum atomic E-state index is 13.5. The van der Waals surface area contributed by atoms with E-state index >= 15 is 0 Å². The van der Waals surface area contributed by atoms with Crippen LogP contribution in [0.4, 0.5) is 4.39 Å². The van der Waals surface area contributed by atoms with Crippen molar-refractivity contribution in [3.63, 3.8) is 0 Å². The summed E-state index contributed by atoms with van der Waals surface area (Å²) in [4.78, 5) is 14.5. The number of hydrogen-bond donors (Lipinski definition) is 2. The predicted octanol–water partition coefficient (Wildman–Crippen LogP) is 3.28. The van der Waals surface area contributed by atoms with Gasteiger partial charge >= 0.3 is 0 Å². The van der Waals surface area contributed by atoms with Crippen molar-refractivity contribution in [3.05, 3.63) is 35.6 Å². The first-order valence-electron chi connectivity index (χ1n) is 9.69. The summed E-state index contributed by atoms with van der Waals surface area (Å²) in [5, 5.41) is 6.49. The molecule has 1 saturated heterocycles. The summed E-state index contributed by atoms with van der Waals surface area (Å²) in [5.74, 6) is 0.604. The largest absolute Gasteiger partial charge is 0.356 e. The summed E-state index contributed by atoms with van der Waals surface area (Å²) < 4.78 is 13.5. The van der Waals surface area contributed by atoms with Crippen molar-refractivity contribution in [2.24, 2.45) is 5.92 Å². The Bertz CT molecular complexity index is 566. The SMILES string of the molecule is Cl.O=C(CCN1CCNCC1c1cccc(F)c1)NCC1CCCCC1. The molecule has 0 spiro atoms. The first-order chi connectivity index (χ1) is 12.2. The molecule has 1 atom stereocenters. The van der Waals surface area contributed by atoms with Crippen molar-refractivity contribution in [1.29, 1.82) is 0 Å². The van der Waals surface area contributed by atoms with Crippen LogP contribution in [0.3, 0.4) is 0 Å². The number of carbonyl (C=O) groups excluding carboxylic acids is 1. The molecule has 4 nitrogen and oxygen atoms in total. The van der Waals surface area contributed by atoms with Gasteiger partial charge in [0.05, 0.1) is 0 Å². The quantitative estimate of drug-likeness (QED) is 0.792. The molecule has 2 fully saturated rings. The Morgan fingerprint density at radius 2 is 2.08 bits per heavy atom. The maximum Gasteiger partial charge on any atom is 0.221 e. The highest BCUT2D eigenvalue weighted by Crippen LogP contribution is 2.24. The van der Waals surface area contributed by atoms with Crippen LogP contribution in [0, 0.1) is 11.7 Å². The van der Waals surface area contributed by atoms with Crippen LogP contribution in [0.1, 0.15) is 50.1 Å². The second kappa shape index (κ2) is 10.9. The van der Waals surface area contributed by atoms with Gasteiger partial charge in [-0.05, 0) is 36.5 Å². The molecule has 1 aromatic carbocycles. The molecule has 1 aliphatic carbocycles. The smallest absolute Gasteiger partial charge is 0.221 e. The molecule has 1 saturated carbocycles. The zero-order valence-corrected chi connectivity index (χ0v) is 16.2. The third-order valence-corrected chi connectivity index (χ3v) is 5.53. The molecule has 2 N–H and O–H groups in total. The summed E-state index contributed by atoms with van der Waals surface area (Å²) in [6.07, 6.45) is 6.96. The van der Waals surface area contributed by atoms with E-state index in [1.807, 2.05) is 6.07 Å². The van der Waals surface area contributed by atoms with Crippen molar-refractivity contribution in [3.8, 4) is 0 Å². The van der Waals surface area contributed by atoms with Gasteiger partial charge in [-0.25, -0.2) is 4.39 Å². The minimum absolute atomic E-state index is 0. The average molecular weight is 384 g/mol. The van der Waals surface area contributed by atoms with Crippen LogP contribution in [-0.4, -0.2) is 43.5 Å². The van der Waals surface area contributed by atoms with Gasteiger partial charge in [0, 0.05) is 45.2 Å². The van der Waals surface area contributed by atoms with Crippen LogP contribution >= 0.6 is 12.4 Å². The van der Waals surface area contributed by atoms with Gasteiger partial charge in [-0.15, -0.1) is 12.4 Å². The number of rotatable bonds is 6. The molecular formula is C20H31ClFN3O. The summed E-state index contributed by atoms with van der Waals surface area (Å²) >= 11 is 0. The van der Waals surface area contributed by atoms with Crippen molar-refractivity contribution in [1.82, 2.24) is 15.5 Å². The molecule has 1 heterocycles. The van der Waals surface area contributed by atoms with Crippen molar-refractivity contribution >= 4 is 18.3 Å². The fraction of sp³-hybridized carbons (Fsp3) is 0.650. The second-order valence-corrected chi connectivity index (χ2v) is 7.37. The van der Waals surface area contributed by atoms with Crippen LogP contribution in [0.5, 0.6) is 0 Å². The average Bonchev–Trinajstić information content (AvgIpc) is 2.66. The molecule has 1 unspecified atom stereocenters. The monoisotopic (exact) mass is 383 g/mol. The highest BCUT2D eigenvalue weighted by atomic mass is 35.5. The van der Waals surface area contributed by atoms with E-state index in [1.165, 1.54) is 38.2 Å². The lowest BCUT2D eigenvalue weighted by atomic mass is 9.89. The molecule has 0 radical (unpaired) electrons. The zero-order valence-electron chi connectivity index (χ0n) is 15.4. The molecule has 1 aliphatic heterocycles. The molecule has 146 valence electrons. The van der Waals surface area contributed by atoms with E-state index in [-0.39, 0.29) is 30.2 Å². The van der Waals surface area contributed by atoms with Gasteiger partial charge in [0.25, 0.3) is 0 Å². The van der Waals surface area contributed by atoms with Gasteiger partial charge in [-0.1, -0.05) is 31.4 Å². The molecule has 6 heteroatoms. The summed E-state index contributed by atoms with van der Waals surface area (Å²) in [5.41, 5.74) is 0.981. The highest BCUT2D eigenvalue weighted by molar-refractivity contribution is 5.85. The minimum Gasteiger partial charge on any atom is -0.356 e. The normalized spacial score (nSPS) is 21.8. The van der Waals surface area contributed by atoms with E-state index in [0.717, 1.165) is 38.3 Å². The summed E-state index contributed by atoms with van der Waals surface area (Å²) in [6.45, 7) is 4.15. The Balaban J connectivity index is 0.00000243. The first-order valence-corrected chi connectivity index (χ1v) is 9.69. The van der Waals surface area contributed by atoms with E-state index in [0.29, 0.717) is 12.3 Å². The van der Waals surface area contributed by atoms with Crippen LogP contribution in [0.15, 0.2) is 24.3 Å². The Hall–Kier alpha value is -1.17. The van der Waals surface area contributed by atoms with Gasteiger partial charge in [0.15, 0.2) is 0 Å². The van der Waals surface area contributed by atoms with Crippen LogP contribution < -0.4 is 10.6 Å². The summed E-state index contributed by atoms with van der Waals surface area (Å²) in [7, 11) is 0. The number of nitrogens with zero attached hydrogens (tertiary/aromatic N) is 1. The Morgan fingerprint density at radius 1 is 1.27 bits per heavy atom. The first kappa shape index (κ1) is 21.1. The summed E-state index contributed by atoms with van der Waals surface area (Å²) in [6, 6.07) is 6.94. The number of nitrogens with one attached hydrogen (secondary N) is 2. The van der Waals surface area contributed by atoms with Gasteiger partial charge in [-0.3, -0.25) is 9.69 Å². The second-order valence-electron chi connectivity index (χ2n) is 7.37. The van der Waals surface area contributed by atoms with E-state index < -0.39 is 0 Å². The Morgan fingerprint density at radius 3 is 2.85 bits per heavy atom. The number of piperazine rings is 1. The topological polar surface area (TPSA) is 44.4 Å². The van der Waals surface area contributed by atoms with Crippen LogP contribution in [0.25, 0.3) is 0 Å². The Kier molecular flexibility index (Phi) is 8.82. The highest BCUT2D eigenvalue weighted by Gasteiger charge is 2.24. The van der Waals surface area contributed by atoms with Crippen molar-refractivity contribution in [2.45, 2.75) is 44.6 Å². The molecule has 3 rings (SSSR count). The minimum atomic E-state index is -0.201.